The summed E-state index contributed by atoms with van der Waals surface area (Å²) in [4.78, 5) is 14.6. The molecule has 0 aliphatic carbocycles. The van der Waals surface area contributed by atoms with Crippen LogP contribution in [0.15, 0.2) is 30.3 Å². The molecule has 1 aromatic carbocycles. The molecule has 0 radical (unpaired) electrons. The highest BCUT2D eigenvalue weighted by molar-refractivity contribution is 5.75. The average Bonchev–Trinajstić information content (AvgIpc) is 3.09. The third-order valence-corrected chi connectivity index (χ3v) is 4.83. The van der Waals surface area contributed by atoms with E-state index in [0.29, 0.717) is 6.10 Å². The second-order valence-corrected chi connectivity index (χ2v) is 7.86. The summed E-state index contributed by atoms with van der Waals surface area (Å²) in [6, 6.07) is 10.5. The lowest BCUT2D eigenvalue weighted by atomic mass is 9.95. The molecule has 2 N–H and O–H groups in total. The van der Waals surface area contributed by atoms with Crippen LogP contribution >= 0.6 is 0 Å². The average molecular weight is 331 g/mol. The Morgan fingerprint density at radius 3 is 2.67 bits per heavy atom. The van der Waals surface area contributed by atoms with Gasteiger partial charge in [-0.15, -0.1) is 0 Å². The second-order valence-electron chi connectivity index (χ2n) is 7.86. The number of hydrogen-bond donors (Lipinski definition) is 2. The van der Waals surface area contributed by atoms with Gasteiger partial charge in [0, 0.05) is 18.6 Å². The topological polar surface area (TPSA) is 53.6 Å². The molecule has 1 aromatic rings. The molecule has 5 nitrogen and oxygen atoms in total. The van der Waals surface area contributed by atoms with Gasteiger partial charge in [-0.3, -0.25) is 4.90 Å². The molecule has 0 unspecified atom stereocenters. The van der Waals surface area contributed by atoms with Crippen LogP contribution in [0, 0.1) is 0 Å². The predicted octanol–water partition coefficient (Wildman–Crippen LogP) is 2.52. The minimum atomic E-state index is -0.300. The highest BCUT2D eigenvalue weighted by atomic mass is 16.5. The van der Waals surface area contributed by atoms with Crippen molar-refractivity contribution in [2.75, 3.05) is 13.6 Å². The van der Waals surface area contributed by atoms with E-state index in [1.165, 1.54) is 5.56 Å². The number of likely N-dealkylation sites (N-methyl/N-ethyl adjacent to an activating group) is 1. The van der Waals surface area contributed by atoms with Gasteiger partial charge in [0.15, 0.2) is 0 Å². The molecule has 0 saturated carbocycles. The van der Waals surface area contributed by atoms with E-state index >= 15 is 0 Å². The van der Waals surface area contributed by atoms with E-state index in [1.807, 2.05) is 6.07 Å². The molecular weight excluding hydrogens is 302 g/mol. The summed E-state index contributed by atoms with van der Waals surface area (Å²) >= 11 is 0. The first kappa shape index (κ1) is 17.2. The zero-order chi connectivity index (χ0) is 17.2. The summed E-state index contributed by atoms with van der Waals surface area (Å²) in [7, 11) is 2.08. The molecule has 2 saturated heterocycles. The molecule has 2 bridgehead atoms. The molecule has 2 aliphatic heterocycles. The largest absolute Gasteiger partial charge is 0.373 e. The quantitative estimate of drug-likeness (QED) is 0.842. The van der Waals surface area contributed by atoms with Crippen molar-refractivity contribution in [3.63, 3.8) is 0 Å². The Morgan fingerprint density at radius 2 is 2.04 bits per heavy atom. The van der Waals surface area contributed by atoms with Crippen molar-refractivity contribution in [3.05, 3.63) is 35.9 Å². The Bertz CT molecular complexity index is 561. The maximum atomic E-state index is 12.3. The minimum Gasteiger partial charge on any atom is -0.373 e. The highest BCUT2D eigenvalue weighted by Crippen LogP contribution is 2.34. The van der Waals surface area contributed by atoms with Crippen LogP contribution in [-0.2, 0) is 11.3 Å². The highest BCUT2D eigenvalue weighted by Gasteiger charge is 2.41. The molecule has 3 rings (SSSR count). The van der Waals surface area contributed by atoms with Crippen molar-refractivity contribution < 1.29 is 9.53 Å². The molecule has 2 amide bonds. The van der Waals surface area contributed by atoms with E-state index in [4.69, 9.17) is 4.74 Å². The van der Waals surface area contributed by atoms with E-state index in [0.717, 1.165) is 32.4 Å². The lowest BCUT2D eigenvalue weighted by Gasteiger charge is -2.32. The first-order valence-corrected chi connectivity index (χ1v) is 8.88. The minimum absolute atomic E-state index is 0.0886. The lowest BCUT2D eigenvalue weighted by molar-refractivity contribution is 0.0978. The molecule has 132 valence electrons. The first-order chi connectivity index (χ1) is 11.4. The number of ether oxygens (including phenoxy) is 1. The molecule has 2 fully saturated rings. The summed E-state index contributed by atoms with van der Waals surface area (Å²) in [6.07, 6.45) is 3.72. The van der Waals surface area contributed by atoms with Gasteiger partial charge < -0.3 is 15.4 Å². The second kappa shape index (κ2) is 7.11. The number of benzene rings is 1. The number of hydrogen-bond acceptors (Lipinski definition) is 3. The number of carbonyl (C=O) groups excluding carboxylic acids is 1. The number of nitrogens with zero attached hydrogens (tertiary/aromatic N) is 1. The van der Waals surface area contributed by atoms with Crippen LogP contribution in [0.25, 0.3) is 0 Å². The van der Waals surface area contributed by atoms with Crippen molar-refractivity contribution in [1.82, 2.24) is 15.5 Å². The van der Waals surface area contributed by atoms with E-state index in [1.54, 1.807) is 0 Å². The van der Waals surface area contributed by atoms with Crippen LogP contribution in [0.2, 0.25) is 0 Å². The zero-order valence-electron chi connectivity index (χ0n) is 14.9. The number of carbonyl (C=O) groups is 1. The molecule has 5 heteroatoms. The van der Waals surface area contributed by atoms with Gasteiger partial charge in [-0.2, -0.15) is 0 Å². The van der Waals surface area contributed by atoms with Gasteiger partial charge in [-0.1, -0.05) is 30.3 Å². The van der Waals surface area contributed by atoms with Crippen LogP contribution in [0.3, 0.4) is 0 Å². The summed E-state index contributed by atoms with van der Waals surface area (Å²) in [5, 5.41) is 6.21. The zero-order valence-corrected chi connectivity index (χ0v) is 14.9. The van der Waals surface area contributed by atoms with E-state index in [2.05, 4.69) is 60.7 Å². The van der Waals surface area contributed by atoms with Crippen LogP contribution < -0.4 is 10.6 Å². The van der Waals surface area contributed by atoms with Crippen molar-refractivity contribution in [3.8, 4) is 0 Å². The van der Waals surface area contributed by atoms with Crippen molar-refractivity contribution in [2.45, 2.75) is 63.4 Å². The van der Waals surface area contributed by atoms with E-state index in [-0.39, 0.29) is 23.7 Å². The third kappa shape index (κ3) is 4.48. The van der Waals surface area contributed by atoms with Crippen molar-refractivity contribution in [2.24, 2.45) is 0 Å². The monoisotopic (exact) mass is 331 g/mol. The van der Waals surface area contributed by atoms with Crippen LogP contribution in [0.1, 0.15) is 38.7 Å². The maximum Gasteiger partial charge on any atom is 0.315 e. The fourth-order valence-electron chi connectivity index (χ4n) is 3.97. The number of amides is 2. The first-order valence-electron chi connectivity index (χ1n) is 8.88. The van der Waals surface area contributed by atoms with Gasteiger partial charge in [0.05, 0.1) is 18.2 Å². The van der Waals surface area contributed by atoms with Gasteiger partial charge in [0.2, 0.25) is 0 Å². The maximum absolute atomic E-state index is 12.3. The van der Waals surface area contributed by atoms with Gasteiger partial charge in [-0.05, 0) is 45.7 Å². The third-order valence-electron chi connectivity index (χ3n) is 4.83. The number of rotatable bonds is 6. The molecule has 0 aromatic heterocycles. The summed E-state index contributed by atoms with van der Waals surface area (Å²) in [5.41, 5.74) is 0.978. The van der Waals surface area contributed by atoms with Crippen molar-refractivity contribution >= 4 is 6.03 Å². The van der Waals surface area contributed by atoms with Crippen molar-refractivity contribution in [1.29, 1.82) is 0 Å². The molecule has 3 atom stereocenters. The molecule has 2 heterocycles. The Kier molecular flexibility index (Phi) is 5.11. The molecular formula is C19H29N3O2. The molecule has 0 spiro atoms. The van der Waals surface area contributed by atoms with Crippen LogP contribution in [0.5, 0.6) is 0 Å². The van der Waals surface area contributed by atoms with Gasteiger partial charge in [0.25, 0.3) is 0 Å². The van der Waals surface area contributed by atoms with Crippen LogP contribution in [0.4, 0.5) is 4.79 Å². The van der Waals surface area contributed by atoms with E-state index < -0.39 is 0 Å². The normalized spacial score (nSPS) is 25.9. The molecule has 24 heavy (non-hydrogen) atoms. The Hall–Kier alpha value is -1.59. The Labute approximate surface area is 144 Å². The van der Waals surface area contributed by atoms with Gasteiger partial charge >= 0.3 is 6.03 Å². The fraction of sp³-hybridized carbons (Fsp3) is 0.632. The van der Waals surface area contributed by atoms with Gasteiger partial charge in [0.1, 0.15) is 0 Å². The Balaban J connectivity index is 1.45. The number of urea groups is 1. The summed E-state index contributed by atoms with van der Waals surface area (Å²) < 4.78 is 5.80. The number of fused-ring (bicyclic) bond motifs is 2. The summed E-state index contributed by atoms with van der Waals surface area (Å²) in [6.45, 7) is 5.77. The smallest absolute Gasteiger partial charge is 0.315 e. The van der Waals surface area contributed by atoms with Gasteiger partial charge in [-0.25, -0.2) is 4.79 Å². The van der Waals surface area contributed by atoms with E-state index in [9.17, 15) is 4.79 Å². The Morgan fingerprint density at radius 1 is 1.29 bits per heavy atom. The van der Waals surface area contributed by atoms with Crippen LogP contribution in [-0.4, -0.2) is 48.3 Å². The summed E-state index contributed by atoms with van der Waals surface area (Å²) in [5.74, 6) is 0. The SMILES string of the molecule is CN(Cc1ccccc1)CC(C)(C)NC(=O)N[C@H]1C[C@@H]2CC[C@@H]1O2. The fourth-order valence-corrected chi connectivity index (χ4v) is 3.97. The predicted molar refractivity (Wildman–Crippen MR) is 94.8 cm³/mol. The number of nitrogens with one attached hydrogen (secondary N) is 2. The standard InChI is InChI=1S/C19H29N3O2/c1-19(2,13-22(3)12-14-7-5-4-6-8-14)21-18(23)20-16-11-15-9-10-17(16)24-15/h4-8,15-17H,9-13H2,1-3H3,(H2,20,21,23)/t15-,16-,17-/m0/s1. The lowest BCUT2D eigenvalue weighted by Crippen LogP contribution is -2.56. The molecule has 2 aliphatic rings.